The Morgan fingerprint density at radius 2 is 2.13 bits per heavy atom. The second kappa shape index (κ2) is 11.4. The molecule has 0 aliphatic carbocycles. The van der Waals surface area contributed by atoms with Crippen LogP contribution < -0.4 is 10.6 Å². The van der Waals surface area contributed by atoms with Gasteiger partial charge in [0.05, 0.1) is 18.3 Å². The van der Waals surface area contributed by atoms with E-state index in [1.165, 1.54) is 0 Å². The summed E-state index contributed by atoms with van der Waals surface area (Å²) in [5.41, 5.74) is 1.63. The van der Waals surface area contributed by atoms with Crippen LogP contribution in [0.1, 0.15) is 39.7 Å². The summed E-state index contributed by atoms with van der Waals surface area (Å²) in [6.45, 7) is 10.5. The number of carbonyl (C=O) groups excluding carboxylic acids is 1. The van der Waals surface area contributed by atoms with E-state index < -0.39 is 5.60 Å². The maximum atomic E-state index is 12.1. The largest absolute Gasteiger partial charge is 0.444 e. The molecule has 1 saturated heterocycles. The van der Waals surface area contributed by atoms with E-state index >= 15 is 0 Å². The van der Waals surface area contributed by atoms with Crippen LogP contribution in [0.25, 0.3) is 5.69 Å². The molecule has 1 aromatic carbocycles. The number of aliphatic imine (C=N–C) groups is 1. The van der Waals surface area contributed by atoms with E-state index in [4.69, 9.17) is 9.73 Å². The highest BCUT2D eigenvalue weighted by molar-refractivity contribution is 14.0. The molecule has 31 heavy (non-hydrogen) atoms. The highest BCUT2D eigenvalue weighted by atomic mass is 127. The van der Waals surface area contributed by atoms with Crippen LogP contribution in [0.3, 0.4) is 0 Å². The van der Waals surface area contributed by atoms with Gasteiger partial charge in [0.25, 0.3) is 0 Å². The number of benzene rings is 1. The van der Waals surface area contributed by atoms with Crippen molar-refractivity contribution >= 4 is 36.0 Å². The maximum absolute atomic E-state index is 12.1. The van der Waals surface area contributed by atoms with Gasteiger partial charge in [0, 0.05) is 32.0 Å². The molecule has 2 heterocycles. The van der Waals surface area contributed by atoms with Crippen molar-refractivity contribution in [2.45, 2.75) is 52.3 Å². The summed E-state index contributed by atoms with van der Waals surface area (Å²) in [6, 6.07) is 10.2. The molecule has 1 atom stereocenters. The van der Waals surface area contributed by atoms with Crippen molar-refractivity contribution in [3.63, 3.8) is 0 Å². The Bertz CT molecular complexity index is 863. The zero-order chi connectivity index (χ0) is 21.6. The van der Waals surface area contributed by atoms with Crippen molar-refractivity contribution in [1.29, 1.82) is 0 Å². The van der Waals surface area contributed by atoms with E-state index in [1.54, 1.807) is 6.20 Å². The third kappa shape index (κ3) is 7.71. The van der Waals surface area contributed by atoms with Crippen LogP contribution in [0.2, 0.25) is 0 Å². The first kappa shape index (κ1) is 25.0. The molecular formula is C22H33IN6O2. The molecule has 0 bridgehead atoms. The van der Waals surface area contributed by atoms with Gasteiger partial charge in [0.15, 0.2) is 5.96 Å². The van der Waals surface area contributed by atoms with Crippen LogP contribution in [0.15, 0.2) is 47.7 Å². The van der Waals surface area contributed by atoms with Crippen LogP contribution in [0, 0.1) is 0 Å². The number of nitrogens with zero attached hydrogens (tertiary/aromatic N) is 4. The van der Waals surface area contributed by atoms with Crippen molar-refractivity contribution in [2.24, 2.45) is 4.99 Å². The lowest BCUT2D eigenvalue weighted by Crippen LogP contribution is -2.44. The average molecular weight is 540 g/mol. The number of amides is 1. The highest BCUT2D eigenvalue weighted by Gasteiger charge is 2.27. The summed E-state index contributed by atoms with van der Waals surface area (Å²) in [5, 5.41) is 10.6. The third-order valence-electron chi connectivity index (χ3n) is 4.63. The molecule has 1 amide bonds. The van der Waals surface area contributed by atoms with Crippen molar-refractivity contribution in [3.05, 3.63) is 48.3 Å². The molecule has 3 rings (SSSR count). The minimum absolute atomic E-state index is 0. The molecule has 8 nitrogen and oxygen atoms in total. The molecule has 1 aromatic heterocycles. The predicted molar refractivity (Wildman–Crippen MR) is 133 cm³/mol. The Labute approximate surface area is 201 Å². The number of hydrogen-bond acceptors (Lipinski definition) is 4. The zero-order valence-electron chi connectivity index (χ0n) is 18.7. The van der Waals surface area contributed by atoms with Gasteiger partial charge in [-0.25, -0.2) is 14.5 Å². The van der Waals surface area contributed by atoms with Gasteiger partial charge in [0.1, 0.15) is 5.60 Å². The number of nitrogens with one attached hydrogen (secondary N) is 2. The molecule has 0 spiro atoms. The molecule has 2 N–H and O–H groups in total. The van der Waals surface area contributed by atoms with E-state index in [1.807, 2.05) is 49.8 Å². The van der Waals surface area contributed by atoms with Crippen molar-refractivity contribution in [2.75, 3.05) is 19.6 Å². The smallest absolute Gasteiger partial charge is 0.407 e. The van der Waals surface area contributed by atoms with Gasteiger partial charge in [-0.2, -0.15) is 5.10 Å². The number of halogens is 1. The van der Waals surface area contributed by atoms with Crippen molar-refractivity contribution < 1.29 is 9.53 Å². The Kier molecular flexibility index (Phi) is 9.15. The van der Waals surface area contributed by atoms with Crippen LogP contribution >= 0.6 is 24.0 Å². The Balaban J connectivity index is 0.00000341. The van der Waals surface area contributed by atoms with Crippen LogP contribution in [0.4, 0.5) is 4.79 Å². The first-order chi connectivity index (χ1) is 14.3. The summed E-state index contributed by atoms with van der Waals surface area (Å²) in [7, 11) is 0. The molecule has 0 radical (unpaired) electrons. The van der Waals surface area contributed by atoms with Gasteiger partial charge in [-0.05, 0) is 57.9 Å². The molecule has 1 aliphatic heterocycles. The molecule has 170 valence electrons. The minimum atomic E-state index is -0.497. The summed E-state index contributed by atoms with van der Waals surface area (Å²) in [5.74, 6) is 0.857. The number of aromatic nitrogens is 2. The molecule has 1 fully saturated rings. The molecule has 9 heteroatoms. The zero-order valence-corrected chi connectivity index (χ0v) is 21.0. The number of carbonyl (C=O) groups is 1. The van der Waals surface area contributed by atoms with Crippen LogP contribution in [0.5, 0.6) is 0 Å². The van der Waals surface area contributed by atoms with Gasteiger partial charge in [0.2, 0.25) is 0 Å². The normalized spacial score (nSPS) is 16.6. The topological polar surface area (TPSA) is 83.8 Å². The SMILES string of the molecule is CCNC(=NCc1cccc(-n2cccn2)c1)N1CCC(NC(=O)OC(C)(C)C)C1.I. The van der Waals surface area contributed by atoms with Gasteiger partial charge < -0.3 is 20.3 Å². The van der Waals surface area contributed by atoms with Crippen molar-refractivity contribution in [1.82, 2.24) is 25.3 Å². The van der Waals surface area contributed by atoms with E-state index in [9.17, 15) is 4.79 Å². The molecule has 1 aliphatic rings. The van der Waals surface area contributed by atoms with E-state index in [-0.39, 0.29) is 36.1 Å². The summed E-state index contributed by atoms with van der Waals surface area (Å²) in [6.07, 6.45) is 4.18. The fourth-order valence-electron chi connectivity index (χ4n) is 3.36. The second-order valence-electron chi connectivity index (χ2n) is 8.37. The molecule has 0 saturated carbocycles. The Morgan fingerprint density at radius 3 is 2.81 bits per heavy atom. The van der Waals surface area contributed by atoms with Crippen LogP contribution in [-0.4, -0.2) is 58.0 Å². The van der Waals surface area contributed by atoms with Gasteiger partial charge in [-0.15, -0.1) is 24.0 Å². The number of guanidine groups is 1. The number of ether oxygens (including phenoxy) is 1. The summed E-state index contributed by atoms with van der Waals surface area (Å²) in [4.78, 5) is 19.1. The quantitative estimate of drug-likeness (QED) is 0.345. The van der Waals surface area contributed by atoms with E-state index in [0.29, 0.717) is 13.1 Å². The van der Waals surface area contributed by atoms with Gasteiger partial charge >= 0.3 is 6.09 Å². The second-order valence-corrected chi connectivity index (χ2v) is 8.37. The lowest BCUT2D eigenvalue weighted by Gasteiger charge is -2.23. The lowest BCUT2D eigenvalue weighted by molar-refractivity contribution is 0.0507. The minimum Gasteiger partial charge on any atom is -0.444 e. The maximum Gasteiger partial charge on any atom is 0.407 e. The number of hydrogen-bond donors (Lipinski definition) is 2. The monoisotopic (exact) mass is 540 g/mol. The number of alkyl carbamates (subject to hydrolysis) is 1. The summed E-state index contributed by atoms with van der Waals surface area (Å²) < 4.78 is 7.21. The number of likely N-dealkylation sites (tertiary alicyclic amines) is 1. The molecular weight excluding hydrogens is 507 g/mol. The van der Waals surface area contributed by atoms with Crippen LogP contribution in [-0.2, 0) is 11.3 Å². The van der Waals surface area contributed by atoms with Crippen molar-refractivity contribution in [3.8, 4) is 5.69 Å². The lowest BCUT2D eigenvalue weighted by atomic mass is 10.2. The predicted octanol–water partition coefficient (Wildman–Crippen LogP) is 3.55. The average Bonchev–Trinajstić information content (AvgIpc) is 3.36. The Hall–Kier alpha value is -2.30. The first-order valence-electron chi connectivity index (χ1n) is 10.5. The van der Waals surface area contributed by atoms with Gasteiger partial charge in [-0.1, -0.05) is 12.1 Å². The summed E-state index contributed by atoms with van der Waals surface area (Å²) >= 11 is 0. The fourth-order valence-corrected chi connectivity index (χ4v) is 3.36. The molecule has 1 unspecified atom stereocenters. The standard InChI is InChI=1S/C22H32N6O2.HI/c1-5-23-20(27-13-10-18(16-27)26-21(29)30-22(2,3)4)24-15-17-8-6-9-19(14-17)28-12-7-11-25-28;/h6-9,11-12,14,18H,5,10,13,15-16H2,1-4H3,(H,23,24)(H,26,29);1H. The third-order valence-corrected chi connectivity index (χ3v) is 4.63. The fraction of sp³-hybridized carbons (Fsp3) is 0.500. The number of rotatable bonds is 5. The Morgan fingerprint density at radius 1 is 1.32 bits per heavy atom. The molecule has 2 aromatic rings. The van der Waals surface area contributed by atoms with E-state index in [2.05, 4.69) is 39.7 Å². The van der Waals surface area contributed by atoms with E-state index in [0.717, 1.165) is 36.7 Å². The first-order valence-corrected chi connectivity index (χ1v) is 10.5. The highest BCUT2D eigenvalue weighted by Crippen LogP contribution is 2.14. The van der Waals surface area contributed by atoms with Gasteiger partial charge in [-0.3, -0.25) is 0 Å².